The first-order valence-electron chi connectivity index (χ1n) is 5.96. The predicted molar refractivity (Wildman–Crippen MR) is 60.0 cm³/mol. The topological polar surface area (TPSA) is 24.5 Å². The van der Waals surface area contributed by atoms with Crippen LogP contribution in [0.5, 0.6) is 0 Å². The quantitative estimate of drug-likeness (QED) is 0.755. The highest BCUT2D eigenvalue weighted by molar-refractivity contribution is 4.79. The highest BCUT2D eigenvalue weighted by Gasteiger charge is 2.27. The van der Waals surface area contributed by atoms with Gasteiger partial charge in [-0.2, -0.15) is 13.2 Å². The van der Waals surface area contributed by atoms with Crippen LogP contribution >= 0.6 is 0 Å². The molecule has 2 atom stereocenters. The normalized spacial score (nSPS) is 27.4. The van der Waals surface area contributed by atoms with Crippen LogP contribution in [0.1, 0.15) is 19.8 Å². The zero-order chi connectivity index (χ0) is 12.9. The van der Waals surface area contributed by atoms with Crippen LogP contribution in [-0.4, -0.2) is 56.5 Å². The number of nitrogens with one attached hydrogen (secondary N) is 1. The molecule has 17 heavy (non-hydrogen) atoms. The molecule has 102 valence electrons. The van der Waals surface area contributed by atoms with Gasteiger partial charge in [0.05, 0.1) is 12.6 Å². The number of piperidine rings is 1. The molecule has 0 amide bonds. The van der Waals surface area contributed by atoms with Crippen molar-refractivity contribution in [2.24, 2.45) is 0 Å². The lowest BCUT2D eigenvalue weighted by molar-refractivity contribution is -0.124. The molecular weight excluding hydrogens is 233 g/mol. The number of likely N-dealkylation sites (tertiary alicyclic amines) is 1. The van der Waals surface area contributed by atoms with Gasteiger partial charge >= 0.3 is 6.18 Å². The first kappa shape index (κ1) is 14.7. The largest absolute Gasteiger partial charge is 0.401 e. The Hall–Kier alpha value is -0.330. The number of alkyl halides is 3. The van der Waals surface area contributed by atoms with Crippen LogP contribution in [0.4, 0.5) is 13.2 Å². The van der Waals surface area contributed by atoms with Gasteiger partial charge in [0, 0.05) is 32.8 Å². The first-order valence-corrected chi connectivity index (χ1v) is 5.96. The van der Waals surface area contributed by atoms with E-state index in [2.05, 4.69) is 17.1 Å². The summed E-state index contributed by atoms with van der Waals surface area (Å²) in [5.41, 5.74) is 0. The second-order valence-electron chi connectivity index (χ2n) is 4.56. The summed E-state index contributed by atoms with van der Waals surface area (Å²) in [6.45, 7) is 3.12. The molecule has 2 unspecified atom stereocenters. The molecule has 1 aliphatic heterocycles. The summed E-state index contributed by atoms with van der Waals surface area (Å²) in [6.07, 6.45) is -1.91. The molecule has 1 aliphatic rings. The maximum Gasteiger partial charge on any atom is 0.401 e. The molecule has 0 aromatic heterocycles. The Balaban J connectivity index is 2.15. The minimum absolute atomic E-state index is 0.296. The van der Waals surface area contributed by atoms with Crippen molar-refractivity contribution in [2.45, 2.75) is 38.1 Å². The fourth-order valence-electron chi connectivity index (χ4n) is 2.18. The van der Waals surface area contributed by atoms with Crippen molar-refractivity contribution in [2.75, 3.05) is 33.3 Å². The summed E-state index contributed by atoms with van der Waals surface area (Å²) in [4.78, 5) is 2.21. The summed E-state index contributed by atoms with van der Waals surface area (Å²) in [5.74, 6) is 0. The minimum Gasteiger partial charge on any atom is -0.381 e. The van der Waals surface area contributed by atoms with Gasteiger partial charge in [-0.1, -0.05) is 0 Å². The van der Waals surface area contributed by atoms with Crippen molar-refractivity contribution in [3.63, 3.8) is 0 Å². The van der Waals surface area contributed by atoms with Crippen LogP contribution < -0.4 is 5.32 Å². The fraction of sp³-hybridized carbons (Fsp3) is 1.00. The van der Waals surface area contributed by atoms with Crippen molar-refractivity contribution in [3.05, 3.63) is 0 Å². The third-order valence-electron chi connectivity index (χ3n) is 3.20. The average molecular weight is 254 g/mol. The molecule has 1 saturated heterocycles. The highest BCUT2D eigenvalue weighted by Crippen LogP contribution is 2.18. The van der Waals surface area contributed by atoms with Gasteiger partial charge in [0.25, 0.3) is 0 Å². The Kier molecular flexibility index (Phi) is 5.69. The second-order valence-corrected chi connectivity index (χ2v) is 4.56. The van der Waals surface area contributed by atoms with Crippen molar-refractivity contribution in [1.29, 1.82) is 0 Å². The number of methoxy groups -OCH3 is 1. The monoisotopic (exact) mass is 254 g/mol. The highest BCUT2D eigenvalue weighted by atomic mass is 19.4. The second kappa shape index (κ2) is 6.56. The number of hydrogen-bond acceptors (Lipinski definition) is 3. The molecule has 0 aliphatic carbocycles. The third kappa shape index (κ3) is 5.70. The molecule has 0 aromatic carbocycles. The predicted octanol–water partition coefficient (Wildman–Crippen LogP) is 1.64. The smallest absolute Gasteiger partial charge is 0.381 e. The summed E-state index contributed by atoms with van der Waals surface area (Å²) < 4.78 is 41.0. The van der Waals surface area contributed by atoms with E-state index in [1.165, 1.54) is 0 Å². The fourth-order valence-corrected chi connectivity index (χ4v) is 2.18. The first-order chi connectivity index (χ1) is 7.92. The Labute approximate surface area is 100 Å². The van der Waals surface area contributed by atoms with Gasteiger partial charge < -0.3 is 10.1 Å². The van der Waals surface area contributed by atoms with E-state index in [0.717, 1.165) is 19.4 Å². The van der Waals surface area contributed by atoms with E-state index in [1.807, 2.05) is 0 Å². The van der Waals surface area contributed by atoms with Crippen molar-refractivity contribution >= 4 is 0 Å². The number of nitrogens with zero attached hydrogens (tertiary/aromatic N) is 1. The van der Waals surface area contributed by atoms with Crippen molar-refractivity contribution in [1.82, 2.24) is 10.2 Å². The molecule has 0 aromatic rings. The molecule has 1 fully saturated rings. The van der Waals surface area contributed by atoms with E-state index in [4.69, 9.17) is 4.74 Å². The number of hydrogen-bond donors (Lipinski definition) is 1. The minimum atomic E-state index is -4.12. The molecule has 1 heterocycles. The lowest BCUT2D eigenvalue weighted by Crippen LogP contribution is -2.46. The third-order valence-corrected chi connectivity index (χ3v) is 3.20. The van der Waals surface area contributed by atoms with E-state index in [-0.39, 0.29) is 0 Å². The number of rotatable bonds is 5. The summed E-state index contributed by atoms with van der Waals surface area (Å²) in [5, 5.41) is 2.42. The van der Waals surface area contributed by atoms with Gasteiger partial charge in [-0.05, 0) is 19.8 Å². The van der Waals surface area contributed by atoms with Gasteiger partial charge in [0.2, 0.25) is 0 Å². The van der Waals surface area contributed by atoms with E-state index in [1.54, 1.807) is 7.11 Å². The van der Waals surface area contributed by atoms with Crippen LogP contribution in [0, 0.1) is 0 Å². The summed E-state index contributed by atoms with van der Waals surface area (Å²) in [7, 11) is 1.71. The van der Waals surface area contributed by atoms with Gasteiger partial charge in [0.1, 0.15) is 0 Å². The molecule has 0 bridgehead atoms. The number of ether oxygens (including phenoxy) is 1. The molecule has 0 saturated carbocycles. The molecule has 6 heteroatoms. The van der Waals surface area contributed by atoms with Gasteiger partial charge in [-0.25, -0.2) is 0 Å². The van der Waals surface area contributed by atoms with Crippen molar-refractivity contribution < 1.29 is 17.9 Å². The van der Waals surface area contributed by atoms with Crippen LogP contribution in [0.3, 0.4) is 0 Å². The molecule has 0 spiro atoms. The Bertz CT molecular complexity index is 223. The van der Waals surface area contributed by atoms with E-state index in [9.17, 15) is 13.2 Å². The lowest BCUT2D eigenvalue weighted by Gasteiger charge is -2.37. The maximum atomic E-state index is 11.9. The standard InChI is InChI=1S/C11H21F3N2O/c1-9-7-10(17-2)3-5-16(9)6-4-15-8-11(12,13)14/h9-10,15H,3-8H2,1-2H3. The SMILES string of the molecule is COC1CCN(CCNCC(F)(F)F)C(C)C1. The molecule has 1 rings (SSSR count). The van der Waals surface area contributed by atoms with E-state index in [0.29, 0.717) is 25.2 Å². The Morgan fingerprint density at radius 1 is 1.41 bits per heavy atom. The Morgan fingerprint density at radius 3 is 2.65 bits per heavy atom. The van der Waals surface area contributed by atoms with Crippen LogP contribution in [0.25, 0.3) is 0 Å². The molecule has 3 nitrogen and oxygen atoms in total. The van der Waals surface area contributed by atoms with E-state index < -0.39 is 12.7 Å². The lowest BCUT2D eigenvalue weighted by atomic mass is 10.0. The van der Waals surface area contributed by atoms with Gasteiger partial charge in [-0.15, -0.1) is 0 Å². The molecule has 1 N–H and O–H groups in total. The molecule has 0 radical (unpaired) electrons. The van der Waals surface area contributed by atoms with Gasteiger partial charge in [-0.3, -0.25) is 4.90 Å². The Morgan fingerprint density at radius 2 is 2.12 bits per heavy atom. The zero-order valence-electron chi connectivity index (χ0n) is 10.4. The zero-order valence-corrected chi connectivity index (χ0v) is 10.4. The maximum absolute atomic E-state index is 11.9. The van der Waals surface area contributed by atoms with E-state index >= 15 is 0 Å². The van der Waals surface area contributed by atoms with Crippen LogP contribution in [-0.2, 0) is 4.74 Å². The van der Waals surface area contributed by atoms with Crippen LogP contribution in [0.2, 0.25) is 0 Å². The summed E-state index contributed by atoms with van der Waals surface area (Å²) in [6, 6.07) is 0.376. The van der Waals surface area contributed by atoms with Crippen molar-refractivity contribution in [3.8, 4) is 0 Å². The molecular formula is C11H21F3N2O. The average Bonchev–Trinajstić information content (AvgIpc) is 2.24. The van der Waals surface area contributed by atoms with Gasteiger partial charge in [0.15, 0.2) is 0 Å². The van der Waals surface area contributed by atoms with Crippen LogP contribution in [0.15, 0.2) is 0 Å². The summed E-state index contributed by atoms with van der Waals surface area (Å²) >= 11 is 0. The number of halogens is 3.